The number of piperazine rings is 1. The van der Waals surface area contributed by atoms with Crippen LogP contribution in [0.1, 0.15) is 25.0 Å². The van der Waals surface area contributed by atoms with Gasteiger partial charge in [0.1, 0.15) is 0 Å². The highest BCUT2D eigenvalue weighted by molar-refractivity contribution is 5.38. The van der Waals surface area contributed by atoms with Gasteiger partial charge in [0.15, 0.2) is 0 Å². The highest BCUT2D eigenvalue weighted by atomic mass is 15.3. The molecule has 0 radical (unpaired) electrons. The van der Waals surface area contributed by atoms with Gasteiger partial charge in [0.25, 0.3) is 0 Å². The van der Waals surface area contributed by atoms with Crippen LogP contribution < -0.4 is 10.2 Å². The Bertz CT molecular complexity index is 571. The summed E-state index contributed by atoms with van der Waals surface area (Å²) >= 11 is 0. The molecule has 0 unspecified atom stereocenters. The molecule has 0 bridgehead atoms. The van der Waals surface area contributed by atoms with Crippen molar-refractivity contribution in [2.75, 3.05) is 31.1 Å². The molecule has 0 saturated carbocycles. The molecule has 21 heavy (non-hydrogen) atoms. The monoisotopic (exact) mass is 282 g/mol. The van der Waals surface area contributed by atoms with Gasteiger partial charge in [0, 0.05) is 44.0 Å². The lowest BCUT2D eigenvalue weighted by atomic mass is 9.79. The molecule has 2 aromatic rings. The molecule has 0 atom stereocenters. The van der Waals surface area contributed by atoms with Crippen LogP contribution in [0.15, 0.2) is 42.7 Å². The van der Waals surface area contributed by atoms with Crippen LogP contribution in [0.25, 0.3) is 0 Å². The summed E-state index contributed by atoms with van der Waals surface area (Å²) in [5.41, 5.74) is 2.35. The molecule has 0 spiro atoms. The van der Waals surface area contributed by atoms with Crippen molar-refractivity contribution >= 4 is 5.95 Å². The first kappa shape index (κ1) is 14.0. The Labute approximate surface area is 126 Å². The lowest BCUT2D eigenvalue weighted by Gasteiger charge is -2.29. The summed E-state index contributed by atoms with van der Waals surface area (Å²) < 4.78 is 0. The van der Waals surface area contributed by atoms with Crippen molar-refractivity contribution in [2.45, 2.75) is 19.3 Å². The molecule has 4 heteroatoms. The van der Waals surface area contributed by atoms with E-state index in [1.807, 2.05) is 18.5 Å². The number of hydrogen-bond acceptors (Lipinski definition) is 4. The zero-order chi connectivity index (χ0) is 14.7. The molecule has 1 aliphatic heterocycles. The van der Waals surface area contributed by atoms with Gasteiger partial charge in [-0.05, 0) is 11.1 Å². The van der Waals surface area contributed by atoms with Crippen LogP contribution in [-0.2, 0) is 5.41 Å². The maximum absolute atomic E-state index is 4.58. The smallest absolute Gasteiger partial charge is 0.225 e. The van der Waals surface area contributed by atoms with Crippen LogP contribution >= 0.6 is 0 Å². The molecular weight excluding hydrogens is 260 g/mol. The summed E-state index contributed by atoms with van der Waals surface area (Å²) in [5, 5.41) is 3.34. The molecule has 0 aliphatic carbocycles. The molecule has 1 saturated heterocycles. The van der Waals surface area contributed by atoms with Crippen molar-refractivity contribution in [2.24, 2.45) is 0 Å². The van der Waals surface area contributed by atoms with E-state index in [1.165, 1.54) is 5.56 Å². The van der Waals surface area contributed by atoms with Crippen LogP contribution in [0.4, 0.5) is 5.95 Å². The van der Waals surface area contributed by atoms with Gasteiger partial charge in [-0.15, -0.1) is 0 Å². The van der Waals surface area contributed by atoms with Gasteiger partial charge >= 0.3 is 0 Å². The Morgan fingerprint density at radius 2 is 1.57 bits per heavy atom. The fraction of sp³-hybridized carbons (Fsp3) is 0.412. The zero-order valence-electron chi connectivity index (χ0n) is 12.7. The van der Waals surface area contributed by atoms with Crippen molar-refractivity contribution in [1.29, 1.82) is 0 Å². The normalized spacial score (nSPS) is 16.0. The molecule has 1 aromatic heterocycles. The topological polar surface area (TPSA) is 41.1 Å². The highest BCUT2D eigenvalue weighted by Crippen LogP contribution is 2.30. The van der Waals surface area contributed by atoms with Crippen LogP contribution in [-0.4, -0.2) is 36.1 Å². The lowest BCUT2D eigenvalue weighted by Crippen LogP contribution is -2.44. The molecule has 2 heterocycles. The Balaban J connectivity index is 1.83. The van der Waals surface area contributed by atoms with Crippen LogP contribution in [0, 0.1) is 0 Å². The van der Waals surface area contributed by atoms with E-state index in [9.17, 15) is 0 Å². The quantitative estimate of drug-likeness (QED) is 0.937. The minimum atomic E-state index is -0.0801. The fourth-order valence-corrected chi connectivity index (χ4v) is 2.69. The van der Waals surface area contributed by atoms with Crippen LogP contribution in [0.3, 0.4) is 0 Å². The number of aromatic nitrogens is 2. The van der Waals surface area contributed by atoms with Gasteiger partial charge in [-0.2, -0.15) is 0 Å². The van der Waals surface area contributed by atoms with Crippen molar-refractivity contribution in [3.63, 3.8) is 0 Å². The maximum atomic E-state index is 4.58. The maximum Gasteiger partial charge on any atom is 0.225 e. The lowest BCUT2D eigenvalue weighted by molar-refractivity contribution is 0.577. The molecule has 3 rings (SSSR count). The molecule has 110 valence electrons. The van der Waals surface area contributed by atoms with E-state index < -0.39 is 0 Å². The summed E-state index contributed by atoms with van der Waals surface area (Å²) in [4.78, 5) is 11.4. The van der Waals surface area contributed by atoms with E-state index in [2.05, 4.69) is 58.3 Å². The van der Waals surface area contributed by atoms with Crippen LogP contribution in [0.2, 0.25) is 0 Å². The third kappa shape index (κ3) is 2.90. The van der Waals surface area contributed by atoms with Gasteiger partial charge in [0.05, 0.1) is 0 Å². The molecule has 0 amide bonds. The summed E-state index contributed by atoms with van der Waals surface area (Å²) in [6, 6.07) is 10.5. The summed E-state index contributed by atoms with van der Waals surface area (Å²) in [6.45, 7) is 8.38. The second kappa shape index (κ2) is 5.82. The summed E-state index contributed by atoms with van der Waals surface area (Å²) in [7, 11) is 0. The second-order valence-electron chi connectivity index (χ2n) is 6.00. The summed E-state index contributed by atoms with van der Waals surface area (Å²) in [6.07, 6.45) is 3.94. The molecule has 4 nitrogen and oxygen atoms in total. The number of anilines is 1. The van der Waals surface area contributed by atoms with Gasteiger partial charge < -0.3 is 10.2 Å². The Morgan fingerprint density at radius 1 is 0.952 bits per heavy atom. The first-order chi connectivity index (χ1) is 10.2. The number of rotatable bonds is 3. The van der Waals surface area contributed by atoms with Gasteiger partial charge in [-0.25, -0.2) is 9.97 Å². The average Bonchev–Trinajstić information content (AvgIpc) is 2.57. The van der Waals surface area contributed by atoms with Gasteiger partial charge in [-0.1, -0.05) is 44.2 Å². The predicted molar refractivity (Wildman–Crippen MR) is 85.7 cm³/mol. The van der Waals surface area contributed by atoms with Crippen molar-refractivity contribution in [3.8, 4) is 0 Å². The van der Waals surface area contributed by atoms with Crippen molar-refractivity contribution in [3.05, 3.63) is 53.9 Å². The van der Waals surface area contributed by atoms with Crippen molar-refractivity contribution < 1.29 is 0 Å². The molecule has 1 N–H and O–H groups in total. The predicted octanol–water partition coefficient (Wildman–Crippen LogP) is 2.21. The number of hydrogen-bond donors (Lipinski definition) is 1. The molecular formula is C17H22N4. The Kier molecular flexibility index (Phi) is 3.88. The number of benzene rings is 1. The van der Waals surface area contributed by atoms with Crippen molar-refractivity contribution in [1.82, 2.24) is 15.3 Å². The van der Waals surface area contributed by atoms with E-state index in [0.717, 1.165) is 37.7 Å². The summed E-state index contributed by atoms with van der Waals surface area (Å²) in [5.74, 6) is 0.837. The van der Waals surface area contributed by atoms with E-state index in [-0.39, 0.29) is 5.41 Å². The van der Waals surface area contributed by atoms with Crippen LogP contribution in [0.5, 0.6) is 0 Å². The molecule has 1 aromatic carbocycles. The number of nitrogens with zero attached hydrogens (tertiary/aromatic N) is 3. The Morgan fingerprint density at radius 3 is 2.19 bits per heavy atom. The minimum absolute atomic E-state index is 0.0801. The Hall–Kier alpha value is -1.94. The standard InChI is InChI=1S/C17H22N4/c1-17(2,14-6-4-3-5-7-14)15-12-19-16(20-13-15)21-10-8-18-9-11-21/h3-7,12-13,18H,8-11H2,1-2H3. The van der Waals surface area contributed by atoms with E-state index in [0.29, 0.717) is 0 Å². The highest BCUT2D eigenvalue weighted by Gasteiger charge is 2.24. The SMILES string of the molecule is CC(C)(c1ccccc1)c1cnc(N2CCNCC2)nc1. The van der Waals surface area contributed by atoms with E-state index >= 15 is 0 Å². The van der Waals surface area contributed by atoms with Gasteiger partial charge in [-0.3, -0.25) is 0 Å². The minimum Gasteiger partial charge on any atom is -0.338 e. The van der Waals surface area contributed by atoms with E-state index in [4.69, 9.17) is 0 Å². The first-order valence-corrected chi connectivity index (χ1v) is 7.51. The zero-order valence-corrected chi connectivity index (χ0v) is 12.7. The first-order valence-electron chi connectivity index (χ1n) is 7.51. The third-order valence-corrected chi connectivity index (χ3v) is 4.26. The number of nitrogens with one attached hydrogen (secondary N) is 1. The average molecular weight is 282 g/mol. The van der Waals surface area contributed by atoms with E-state index in [1.54, 1.807) is 0 Å². The largest absolute Gasteiger partial charge is 0.338 e. The second-order valence-corrected chi connectivity index (χ2v) is 6.00. The third-order valence-electron chi connectivity index (χ3n) is 4.26. The van der Waals surface area contributed by atoms with Gasteiger partial charge in [0.2, 0.25) is 5.95 Å². The molecule has 1 fully saturated rings. The molecule has 1 aliphatic rings. The fourth-order valence-electron chi connectivity index (χ4n) is 2.69.